The number of carbonyl (C=O) groups excluding carboxylic acids is 1. The van der Waals surface area contributed by atoms with E-state index in [1.165, 1.54) is 5.56 Å². The van der Waals surface area contributed by atoms with Gasteiger partial charge in [-0.15, -0.1) is 0 Å². The minimum Gasteiger partial charge on any atom is -0.337 e. The van der Waals surface area contributed by atoms with E-state index in [2.05, 4.69) is 55.2 Å². The summed E-state index contributed by atoms with van der Waals surface area (Å²) in [7, 11) is 0. The Labute approximate surface area is 136 Å². The van der Waals surface area contributed by atoms with Crippen molar-refractivity contribution in [1.82, 2.24) is 15.0 Å². The van der Waals surface area contributed by atoms with E-state index in [9.17, 15) is 4.79 Å². The average Bonchev–Trinajstić information content (AvgIpc) is 3.06. The van der Waals surface area contributed by atoms with E-state index in [1.807, 2.05) is 4.90 Å². The van der Waals surface area contributed by atoms with Gasteiger partial charge in [-0.05, 0) is 29.9 Å². The molecule has 0 saturated carbocycles. The van der Waals surface area contributed by atoms with Gasteiger partial charge in [0.2, 0.25) is 11.8 Å². The lowest BCUT2D eigenvalue weighted by Gasteiger charge is -2.23. The lowest BCUT2D eigenvalue weighted by atomic mass is 9.87. The third kappa shape index (κ3) is 3.28. The van der Waals surface area contributed by atoms with Gasteiger partial charge < -0.3 is 9.42 Å². The Hall–Kier alpha value is -2.17. The Morgan fingerprint density at radius 1 is 1.26 bits per heavy atom. The normalized spacial score (nSPS) is 18.7. The number of aromatic nitrogens is 2. The zero-order chi connectivity index (χ0) is 16.6. The Bertz CT molecular complexity index is 698. The fourth-order valence-corrected chi connectivity index (χ4v) is 2.94. The molecule has 0 radical (unpaired) electrons. The van der Waals surface area contributed by atoms with Gasteiger partial charge in [0.1, 0.15) is 6.04 Å². The van der Waals surface area contributed by atoms with Gasteiger partial charge in [0, 0.05) is 13.0 Å². The van der Waals surface area contributed by atoms with Crippen molar-refractivity contribution in [1.29, 1.82) is 0 Å². The molecular weight excluding hydrogens is 290 g/mol. The highest BCUT2D eigenvalue weighted by molar-refractivity contribution is 5.78. The summed E-state index contributed by atoms with van der Waals surface area (Å²) in [5.41, 5.74) is 2.54. The highest BCUT2D eigenvalue weighted by Crippen LogP contribution is 2.33. The fourth-order valence-electron chi connectivity index (χ4n) is 2.94. The van der Waals surface area contributed by atoms with Gasteiger partial charge >= 0.3 is 0 Å². The van der Waals surface area contributed by atoms with Crippen molar-refractivity contribution in [2.45, 2.75) is 58.5 Å². The molecule has 1 amide bonds. The van der Waals surface area contributed by atoms with E-state index in [4.69, 9.17) is 4.52 Å². The van der Waals surface area contributed by atoms with Crippen LogP contribution in [-0.2, 0) is 16.8 Å². The zero-order valence-electron chi connectivity index (χ0n) is 14.2. The van der Waals surface area contributed by atoms with E-state index in [0.29, 0.717) is 24.7 Å². The maximum atomic E-state index is 12.2. The summed E-state index contributed by atoms with van der Waals surface area (Å²) in [5, 5.41) is 3.84. The van der Waals surface area contributed by atoms with E-state index in [-0.39, 0.29) is 17.4 Å². The number of amides is 1. The number of rotatable bonds is 3. The lowest BCUT2D eigenvalue weighted by Crippen LogP contribution is -2.27. The van der Waals surface area contributed by atoms with Gasteiger partial charge in [-0.25, -0.2) is 0 Å². The van der Waals surface area contributed by atoms with Gasteiger partial charge in [-0.1, -0.05) is 50.2 Å². The van der Waals surface area contributed by atoms with Crippen molar-refractivity contribution in [3.63, 3.8) is 0 Å². The Kier molecular flexibility index (Phi) is 3.96. The minimum absolute atomic E-state index is 0.106. The first-order chi connectivity index (χ1) is 10.8. The lowest BCUT2D eigenvalue weighted by molar-refractivity contribution is -0.129. The quantitative estimate of drug-likeness (QED) is 0.869. The van der Waals surface area contributed by atoms with Gasteiger partial charge in [-0.3, -0.25) is 4.79 Å². The molecule has 0 bridgehead atoms. The van der Waals surface area contributed by atoms with Crippen LogP contribution in [0.2, 0.25) is 0 Å². The highest BCUT2D eigenvalue weighted by Gasteiger charge is 2.35. The van der Waals surface area contributed by atoms with Crippen molar-refractivity contribution < 1.29 is 9.32 Å². The molecule has 2 heterocycles. The summed E-state index contributed by atoms with van der Waals surface area (Å²) >= 11 is 0. The maximum absolute atomic E-state index is 12.2. The topological polar surface area (TPSA) is 59.2 Å². The van der Waals surface area contributed by atoms with Crippen LogP contribution in [0.25, 0.3) is 0 Å². The second-order valence-electron chi connectivity index (χ2n) is 7.20. The summed E-state index contributed by atoms with van der Waals surface area (Å²) in [4.78, 5) is 18.4. The highest BCUT2D eigenvalue weighted by atomic mass is 16.5. The van der Waals surface area contributed by atoms with Crippen LogP contribution >= 0.6 is 0 Å². The zero-order valence-corrected chi connectivity index (χ0v) is 14.2. The van der Waals surface area contributed by atoms with Crippen LogP contribution in [0.1, 0.15) is 62.5 Å². The standard InChI is InChI=1S/C18H23N3O2/c1-12-19-17(23-20-12)15-9-10-16(22)21(15)11-13-5-7-14(8-6-13)18(2,3)4/h5-8,15H,9-11H2,1-4H3. The molecule has 1 aromatic carbocycles. The fraction of sp³-hybridized carbons (Fsp3) is 0.500. The molecule has 1 saturated heterocycles. The second-order valence-corrected chi connectivity index (χ2v) is 7.20. The van der Waals surface area contributed by atoms with E-state index in [1.54, 1.807) is 6.92 Å². The van der Waals surface area contributed by atoms with Gasteiger partial charge in [0.15, 0.2) is 5.82 Å². The largest absolute Gasteiger partial charge is 0.337 e. The third-order valence-corrected chi connectivity index (χ3v) is 4.33. The summed E-state index contributed by atoms with van der Waals surface area (Å²) in [6, 6.07) is 8.37. The third-order valence-electron chi connectivity index (χ3n) is 4.33. The summed E-state index contributed by atoms with van der Waals surface area (Å²) in [6.45, 7) is 8.95. The molecule has 5 heteroatoms. The number of aryl methyl sites for hydroxylation is 1. The number of carbonyl (C=O) groups is 1. The molecule has 3 rings (SSSR count). The Morgan fingerprint density at radius 3 is 2.52 bits per heavy atom. The van der Waals surface area contributed by atoms with Crippen LogP contribution in [0.15, 0.2) is 28.8 Å². The van der Waals surface area contributed by atoms with Crippen molar-refractivity contribution in [3.05, 3.63) is 47.1 Å². The van der Waals surface area contributed by atoms with Gasteiger partial charge in [0.05, 0.1) is 0 Å². The van der Waals surface area contributed by atoms with Gasteiger partial charge in [-0.2, -0.15) is 4.98 Å². The number of likely N-dealkylation sites (tertiary alicyclic amines) is 1. The molecule has 1 unspecified atom stereocenters. The molecule has 1 aliphatic heterocycles. The minimum atomic E-state index is -0.106. The van der Waals surface area contributed by atoms with Crippen molar-refractivity contribution in [2.75, 3.05) is 0 Å². The molecule has 1 fully saturated rings. The molecule has 1 aromatic heterocycles. The van der Waals surface area contributed by atoms with Crippen molar-refractivity contribution in [3.8, 4) is 0 Å². The smallest absolute Gasteiger partial charge is 0.249 e. The molecule has 5 nitrogen and oxygen atoms in total. The molecule has 0 aliphatic carbocycles. The first kappa shape index (κ1) is 15.7. The van der Waals surface area contributed by atoms with Crippen LogP contribution in [0.5, 0.6) is 0 Å². The Morgan fingerprint density at radius 2 is 1.96 bits per heavy atom. The first-order valence-electron chi connectivity index (χ1n) is 8.04. The SMILES string of the molecule is Cc1noc(C2CCC(=O)N2Cc2ccc(C(C)(C)C)cc2)n1. The predicted molar refractivity (Wildman–Crippen MR) is 86.7 cm³/mol. The number of hydrogen-bond donors (Lipinski definition) is 0. The summed E-state index contributed by atoms with van der Waals surface area (Å²) in [5.74, 6) is 1.29. The molecule has 122 valence electrons. The van der Waals surface area contributed by atoms with E-state index < -0.39 is 0 Å². The molecular formula is C18H23N3O2. The molecule has 0 N–H and O–H groups in total. The summed E-state index contributed by atoms with van der Waals surface area (Å²) in [6.07, 6.45) is 1.27. The van der Waals surface area contributed by atoms with Gasteiger partial charge in [0.25, 0.3) is 0 Å². The van der Waals surface area contributed by atoms with Crippen LogP contribution in [-0.4, -0.2) is 20.9 Å². The molecule has 2 aromatic rings. The van der Waals surface area contributed by atoms with Crippen LogP contribution in [0.3, 0.4) is 0 Å². The van der Waals surface area contributed by atoms with E-state index >= 15 is 0 Å². The summed E-state index contributed by atoms with van der Waals surface area (Å²) < 4.78 is 5.27. The van der Waals surface area contributed by atoms with Crippen molar-refractivity contribution in [2.24, 2.45) is 0 Å². The number of nitrogens with zero attached hydrogens (tertiary/aromatic N) is 3. The van der Waals surface area contributed by atoms with Crippen molar-refractivity contribution >= 4 is 5.91 Å². The average molecular weight is 313 g/mol. The predicted octanol–water partition coefficient (Wildman–Crippen LogP) is 3.54. The molecule has 0 spiro atoms. The monoisotopic (exact) mass is 313 g/mol. The second kappa shape index (κ2) is 5.80. The number of hydrogen-bond acceptors (Lipinski definition) is 4. The molecule has 1 atom stereocenters. The number of benzene rings is 1. The van der Waals surface area contributed by atoms with E-state index in [0.717, 1.165) is 12.0 Å². The molecule has 23 heavy (non-hydrogen) atoms. The molecule has 1 aliphatic rings. The maximum Gasteiger partial charge on any atom is 0.249 e. The van der Waals surface area contributed by atoms with Crippen LogP contribution in [0, 0.1) is 6.92 Å². The van der Waals surface area contributed by atoms with Crippen LogP contribution < -0.4 is 0 Å². The van der Waals surface area contributed by atoms with Crippen LogP contribution in [0.4, 0.5) is 0 Å². The Balaban J connectivity index is 1.78. The first-order valence-corrected chi connectivity index (χ1v) is 8.04.